The maximum absolute atomic E-state index is 9.67. The summed E-state index contributed by atoms with van der Waals surface area (Å²) in [5.74, 6) is -0.148. The summed E-state index contributed by atoms with van der Waals surface area (Å²) >= 11 is 0. The number of rotatable bonds is 2. The van der Waals surface area contributed by atoms with E-state index in [1.165, 1.54) is 36.8 Å². The fraction of sp³-hybridized carbons (Fsp3) is 0. The van der Waals surface area contributed by atoms with Gasteiger partial charge in [-0.25, -0.2) is 0 Å². The zero-order valence-corrected chi connectivity index (χ0v) is 15.2. The number of carbonyl (C=O) groups excluding carboxylic acids is 2. The Bertz CT molecular complexity index is 439. The van der Waals surface area contributed by atoms with Crippen LogP contribution in [0, 0.1) is 0 Å². The monoisotopic (exact) mass is 370 g/mol. The van der Waals surface area contributed by atoms with Crippen molar-refractivity contribution in [2.45, 2.75) is 0 Å². The molecular weight excluding hydrogens is 360 g/mol. The van der Waals surface area contributed by atoms with Crippen molar-refractivity contribution in [1.82, 2.24) is 0 Å². The molecular formula is C10H10CaMgO11. The van der Waals surface area contributed by atoms with Crippen LogP contribution in [0.4, 0.5) is 9.59 Å². The zero-order valence-electron chi connectivity index (χ0n) is 11.5. The molecule has 0 atom stereocenters. The maximum atomic E-state index is 9.67. The van der Waals surface area contributed by atoms with Gasteiger partial charge in [0.05, 0.1) is 12.5 Å². The summed E-state index contributed by atoms with van der Waals surface area (Å²) in [5, 5.41) is 19.3. The van der Waals surface area contributed by atoms with E-state index in [0.717, 1.165) is 0 Å². The minimum Gasteiger partial charge on any atom is -0.870 e. The molecule has 2 aromatic rings. The fourth-order valence-corrected chi connectivity index (χ4v) is 0.807. The first-order valence-electron chi connectivity index (χ1n) is 4.42. The second-order valence-corrected chi connectivity index (χ2v) is 2.57. The molecule has 0 unspecified atom stereocenters. The van der Waals surface area contributed by atoms with E-state index in [-0.39, 0.29) is 89.1 Å². The number of ether oxygens (including phenoxy) is 2. The van der Waals surface area contributed by atoms with Gasteiger partial charge in [-0.15, -0.1) is 0 Å². The Morgan fingerprint density at radius 1 is 0.870 bits per heavy atom. The van der Waals surface area contributed by atoms with Crippen molar-refractivity contribution >= 4 is 73.1 Å². The van der Waals surface area contributed by atoms with E-state index in [1.807, 2.05) is 0 Å². The van der Waals surface area contributed by atoms with Gasteiger partial charge in [-0.1, -0.05) is 0 Å². The molecule has 0 fully saturated rings. The first-order valence-corrected chi connectivity index (χ1v) is 4.42. The van der Waals surface area contributed by atoms with Crippen molar-refractivity contribution in [2.24, 2.45) is 0 Å². The Hall–Kier alpha value is -0.994. The van der Waals surface area contributed by atoms with Crippen LogP contribution in [0.1, 0.15) is 0 Å². The second-order valence-electron chi connectivity index (χ2n) is 2.57. The predicted octanol–water partition coefficient (Wildman–Crippen LogP) is -1.94. The quantitative estimate of drug-likeness (QED) is 0.420. The van der Waals surface area contributed by atoms with Gasteiger partial charge in [-0.2, -0.15) is 0 Å². The van der Waals surface area contributed by atoms with E-state index in [1.54, 1.807) is 0 Å². The standard InChI is InChI=1S/2C5H4O4.Ca.Mg.3H2O/c2*6-5(7)9-4-2-1-3-8-4;;;;;/h2*1-3H,(H,6,7);;;3*1H2/q;;2*+2;;;/p-4. The van der Waals surface area contributed by atoms with Crippen LogP contribution in [0.3, 0.4) is 0 Å². The molecule has 13 heteroatoms. The summed E-state index contributed by atoms with van der Waals surface area (Å²) in [6.45, 7) is 0. The summed E-state index contributed by atoms with van der Waals surface area (Å²) < 4.78 is 17.0. The topological polar surface area (TPSA) is 216 Å². The summed E-state index contributed by atoms with van der Waals surface area (Å²) in [6, 6.07) is 5.77. The molecule has 0 amide bonds. The molecule has 0 bridgehead atoms. The van der Waals surface area contributed by atoms with E-state index < -0.39 is 12.3 Å². The number of hydrogen-bond donors (Lipinski definition) is 0. The fourth-order valence-electron chi connectivity index (χ4n) is 0.807. The van der Waals surface area contributed by atoms with E-state index in [2.05, 4.69) is 18.3 Å². The SMILES string of the molecule is O.O=C([O-])Oc1ccco1.O=C([O-])Oc1ccco1.[Ca+2].[Mg+2].[OH-].[OH-]. The molecule has 0 radical (unpaired) electrons. The first kappa shape index (κ1) is 33.6. The minimum absolute atomic E-state index is 0. The van der Waals surface area contributed by atoms with Crippen LogP contribution >= 0.6 is 0 Å². The molecule has 0 aliphatic rings. The van der Waals surface area contributed by atoms with Crippen molar-refractivity contribution in [3.05, 3.63) is 36.8 Å². The van der Waals surface area contributed by atoms with Gasteiger partial charge < -0.3 is 54.5 Å². The largest absolute Gasteiger partial charge is 2.00 e. The van der Waals surface area contributed by atoms with E-state index in [0.29, 0.717) is 0 Å². The maximum Gasteiger partial charge on any atom is 2.00 e. The smallest absolute Gasteiger partial charge is 0.870 e. The van der Waals surface area contributed by atoms with E-state index in [4.69, 9.17) is 0 Å². The molecule has 2 heterocycles. The molecule has 0 aliphatic heterocycles. The molecule has 0 saturated heterocycles. The van der Waals surface area contributed by atoms with Gasteiger partial charge in [0.2, 0.25) is 11.9 Å². The Morgan fingerprint density at radius 3 is 1.35 bits per heavy atom. The van der Waals surface area contributed by atoms with Crippen LogP contribution in [-0.4, -0.2) is 89.5 Å². The number of hydrogen-bond acceptors (Lipinski definition) is 10. The van der Waals surface area contributed by atoms with Gasteiger partial charge in [0.25, 0.3) is 12.3 Å². The molecule has 0 saturated carbocycles. The van der Waals surface area contributed by atoms with Crippen LogP contribution < -0.4 is 19.7 Å². The molecule has 23 heavy (non-hydrogen) atoms. The summed E-state index contributed by atoms with van der Waals surface area (Å²) in [7, 11) is 0. The van der Waals surface area contributed by atoms with Crippen molar-refractivity contribution < 1.29 is 54.5 Å². The molecule has 2 aromatic heterocycles. The van der Waals surface area contributed by atoms with Gasteiger partial charge in [0.1, 0.15) is 0 Å². The van der Waals surface area contributed by atoms with E-state index in [9.17, 15) is 19.8 Å². The molecule has 0 aliphatic carbocycles. The van der Waals surface area contributed by atoms with Crippen LogP contribution in [0.2, 0.25) is 0 Å². The number of furan rings is 2. The second kappa shape index (κ2) is 19.1. The van der Waals surface area contributed by atoms with Crippen LogP contribution in [0.5, 0.6) is 11.9 Å². The third-order valence-corrected chi connectivity index (χ3v) is 1.36. The van der Waals surface area contributed by atoms with Crippen molar-refractivity contribution in [2.75, 3.05) is 0 Å². The van der Waals surface area contributed by atoms with Crippen molar-refractivity contribution in [3.63, 3.8) is 0 Å². The predicted molar refractivity (Wildman–Crippen MR) is 68.5 cm³/mol. The van der Waals surface area contributed by atoms with Gasteiger partial charge in [0.15, 0.2) is 0 Å². The third kappa shape index (κ3) is 17.2. The normalized spacial score (nSPS) is 6.96. The van der Waals surface area contributed by atoms with Gasteiger partial charge in [-0.05, 0) is 12.1 Å². The van der Waals surface area contributed by atoms with E-state index >= 15 is 0 Å². The average molecular weight is 371 g/mol. The molecule has 4 N–H and O–H groups in total. The van der Waals surface area contributed by atoms with Crippen molar-refractivity contribution in [1.29, 1.82) is 0 Å². The van der Waals surface area contributed by atoms with Gasteiger partial charge in [0, 0.05) is 12.1 Å². The third-order valence-electron chi connectivity index (χ3n) is 1.36. The summed E-state index contributed by atoms with van der Waals surface area (Å²) in [5.41, 5.74) is 0. The zero-order chi connectivity index (χ0) is 13.4. The van der Waals surface area contributed by atoms with Crippen LogP contribution in [0.25, 0.3) is 0 Å². The molecule has 2 rings (SSSR count). The number of carboxylic acid groups (broad SMARTS) is 2. The number of carbonyl (C=O) groups is 2. The summed E-state index contributed by atoms with van der Waals surface area (Å²) in [4.78, 5) is 19.3. The van der Waals surface area contributed by atoms with Crippen LogP contribution in [0.15, 0.2) is 45.6 Å². The Morgan fingerprint density at radius 2 is 1.17 bits per heavy atom. The van der Waals surface area contributed by atoms with Gasteiger partial charge >= 0.3 is 60.8 Å². The molecule has 11 nitrogen and oxygen atoms in total. The first-order chi connectivity index (χ1) is 8.58. The Labute approximate surface area is 175 Å². The average Bonchev–Trinajstić information content (AvgIpc) is 2.90. The molecule has 0 aromatic carbocycles. The van der Waals surface area contributed by atoms with Crippen molar-refractivity contribution in [3.8, 4) is 11.9 Å². The Kier molecular flexibility index (Phi) is 27.8. The summed E-state index contributed by atoms with van der Waals surface area (Å²) in [6.07, 6.45) is -0.633. The molecule has 120 valence electrons. The Balaban J connectivity index is -0.0000000771. The van der Waals surface area contributed by atoms with Crippen LogP contribution in [-0.2, 0) is 0 Å². The minimum atomic E-state index is -1.62. The molecule has 0 spiro atoms. The van der Waals surface area contributed by atoms with Gasteiger partial charge in [-0.3, -0.25) is 0 Å².